The summed E-state index contributed by atoms with van der Waals surface area (Å²) >= 11 is 11.6. The number of nitro benzene ring substituents is 1. The highest BCUT2D eigenvalue weighted by Gasteiger charge is 2.22. The van der Waals surface area contributed by atoms with Gasteiger partial charge in [-0.1, -0.05) is 30.3 Å². The van der Waals surface area contributed by atoms with Crippen molar-refractivity contribution in [2.45, 2.75) is 12.5 Å². The third-order valence-corrected chi connectivity index (χ3v) is 4.00. The molecule has 116 valence electrons. The van der Waals surface area contributed by atoms with Crippen LogP contribution in [0.2, 0.25) is 0 Å². The van der Waals surface area contributed by atoms with Crippen molar-refractivity contribution in [1.29, 1.82) is 0 Å². The summed E-state index contributed by atoms with van der Waals surface area (Å²) in [6.45, 7) is 0.353. The quantitative estimate of drug-likeness (QED) is 0.416. The van der Waals surface area contributed by atoms with Crippen LogP contribution in [0, 0.1) is 10.1 Å². The van der Waals surface area contributed by atoms with Gasteiger partial charge < -0.3 is 4.74 Å². The van der Waals surface area contributed by atoms with Crippen molar-refractivity contribution >= 4 is 28.9 Å². The molecule has 0 saturated heterocycles. The summed E-state index contributed by atoms with van der Waals surface area (Å²) < 4.78 is 5.61. The zero-order valence-corrected chi connectivity index (χ0v) is 13.3. The average molecular weight is 340 g/mol. The van der Waals surface area contributed by atoms with Crippen LogP contribution >= 0.6 is 23.2 Å². The summed E-state index contributed by atoms with van der Waals surface area (Å²) in [7, 11) is 0. The van der Waals surface area contributed by atoms with Crippen LogP contribution in [0.15, 0.2) is 48.5 Å². The fourth-order valence-electron chi connectivity index (χ4n) is 2.06. The van der Waals surface area contributed by atoms with E-state index in [1.54, 1.807) is 12.1 Å². The van der Waals surface area contributed by atoms with Gasteiger partial charge in [0.15, 0.2) is 0 Å². The first kappa shape index (κ1) is 16.6. The Morgan fingerprint density at radius 1 is 1.09 bits per heavy atom. The second-order valence-corrected chi connectivity index (χ2v) is 5.37. The van der Waals surface area contributed by atoms with Gasteiger partial charge >= 0.3 is 0 Å². The fourth-order valence-corrected chi connectivity index (χ4v) is 2.73. The number of benzene rings is 2. The molecular weight excluding hydrogens is 325 g/mol. The van der Waals surface area contributed by atoms with E-state index in [1.807, 2.05) is 30.3 Å². The van der Waals surface area contributed by atoms with Crippen molar-refractivity contribution in [3.63, 3.8) is 0 Å². The predicted molar refractivity (Wildman–Crippen MR) is 88.1 cm³/mol. The predicted octanol–water partition coefficient (Wildman–Crippen LogP) is 4.74. The molecule has 0 amide bonds. The van der Waals surface area contributed by atoms with Gasteiger partial charge in [-0.25, -0.2) is 0 Å². The molecule has 0 saturated carbocycles. The maximum Gasteiger partial charge on any atom is 0.276 e. The lowest BCUT2D eigenvalue weighted by atomic mass is 10.0. The zero-order chi connectivity index (χ0) is 15.9. The van der Waals surface area contributed by atoms with Crippen molar-refractivity contribution < 1.29 is 9.66 Å². The molecule has 0 N–H and O–H groups in total. The molecule has 0 spiro atoms. The van der Waals surface area contributed by atoms with E-state index in [0.717, 1.165) is 5.56 Å². The Morgan fingerprint density at radius 3 is 2.36 bits per heavy atom. The van der Waals surface area contributed by atoms with Gasteiger partial charge in [0.25, 0.3) is 5.69 Å². The van der Waals surface area contributed by atoms with E-state index in [-0.39, 0.29) is 23.4 Å². The van der Waals surface area contributed by atoms with E-state index < -0.39 is 4.92 Å². The minimum Gasteiger partial charge on any atom is -0.489 e. The van der Waals surface area contributed by atoms with Crippen molar-refractivity contribution in [3.05, 3.63) is 69.8 Å². The SMILES string of the molecule is O=[N+]([O-])c1cc(OCc2ccccc2)ccc1C(CCl)CCl. The maximum atomic E-state index is 11.2. The van der Waals surface area contributed by atoms with Gasteiger partial charge in [-0.15, -0.1) is 23.2 Å². The first-order chi connectivity index (χ1) is 10.7. The molecule has 0 aromatic heterocycles. The van der Waals surface area contributed by atoms with Gasteiger partial charge in [0, 0.05) is 23.2 Å². The summed E-state index contributed by atoms with van der Waals surface area (Å²) in [4.78, 5) is 10.8. The van der Waals surface area contributed by atoms with Crippen LogP contribution in [0.3, 0.4) is 0 Å². The Bertz CT molecular complexity index is 631. The number of alkyl halides is 2. The molecule has 0 radical (unpaired) electrons. The standard InChI is InChI=1S/C16H15Cl2NO3/c17-9-13(10-18)15-7-6-14(8-16(15)19(20)21)22-11-12-4-2-1-3-5-12/h1-8,13H,9-11H2. The van der Waals surface area contributed by atoms with Crippen molar-refractivity contribution in [2.75, 3.05) is 11.8 Å². The highest BCUT2D eigenvalue weighted by atomic mass is 35.5. The van der Waals surface area contributed by atoms with Gasteiger partial charge in [0.1, 0.15) is 12.4 Å². The van der Waals surface area contributed by atoms with Crippen molar-refractivity contribution in [3.8, 4) is 5.75 Å². The number of nitrogens with zero attached hydrogens (tertiary/aromatic N) is 1. The van der Waals surface area contributed by atoms with Crippen LogP contribution in [0.1, 0.15) is 17.0 Å². The van der Waals surface area contributed by atoms with Crippen LogP contribution in [-0.4, -0.2) is 16.7 Å². The Hall–Kier alpha value is -1.78. The molecule has 6 heteroatoms. The van der Waals surface area contributed by atoms with Gasteiger partial charge in [-0.3, -0.25) is 10.1 Å². The minimum absolute atomic E-state index is 0.0168. The van der Waals surface area contributed by atoms with Crippen molar-refractivity contribution in [1.82, 2.24) is 0 Å². The van der Waals surface area contributed by atoms with Crippen molar-refractivity contribution in [2.24, 2.45) is 0 Å². The monoisotopic (exact) mass is 339 g/mol. The van der Waals surface area contributed by atoms with E-state index in [0.29, 0.717) is 17.9 Å². The highest BCUT2D eigenvalue weighted by molar-refractivity contribution is 6.21. The fraction of sp³-hybridized carbons (Fsp3) is 0.250. The highest BCUT2D eigenvalue weighted by Crippen LogP contribution is 2.32. The Labute approximate surface area is 138 Å². The lowest BCUT2D eigenvalue weighted by molar-refractivity contribution is -0.385. The van der Waals surface area contributed by atoms with Crippen LogP contribution in [-0.2, 0) is 6.61 Å². The first-order valence-corrected chi connectivity index (χ1v) is 7.79. The lowest BCUT2D eigenvalue weighted by Gasteiger charge is -2.13. The normalized spacial score (nSPS) is 10.7. The largest absolute Gasteiger partial charge is 0.489 e. The number of hydrogen-bond donors (Lipinski definition) is 0. The van der Waals surface area contributed by atoms with Gasteiger partial charge in [0.2, 0.25) is 0 Å². The molecule has 2 aromatic rings. The second-order valence-electron chi connectivity index (χ2n) is 4.76. The van der Waals surface area contributed by atoms with Crippen LogP contribution in [0.4, 0.5) is 5.69 Å². The third kappa shape index (κ3) is 4.12. The Balaban J connectivity index is 2.20. The molecule has 22 heavy (non-hydrogen) atoms. The smallest absolute Gasteiger partial charge is 0.276 e. The first-order valence-electron chi connectivity index (χ1n) is 6.72. The molecule has 0 bridgehead atoms. The van der Waals surface area contributed by atoms with E-state index in [2.05, 4.69) is 0 Å². The van der Waals surface area contributed by atoms with Crippen LogP contribution in [0.25, 0.3) is 0 Å². The molecular formula is C16H15Cl2NO3. The molecule has 0 aliphatic rings. The molecule has 4 nitrogen and oxygen atoms in total. The topological polar surface area (TPSA) is 52.4 Å². The molecule has 0 aliphatic heterocycles. The molecule has 2 rings (SSSR count). The minimum atomic E-state index is -0.434. The molecule has 0 fully saturated rings. The number of halogens is 2. The maximum absolute atomic E-state index is 11.2. The Kier molecular flexibility index (Phi) is 6.04. The summed E-state index contributed by atoms with van der Waals surface area (Å²) in [6, 6.07) is 14.4. The number of rotatable bonds is 7. The summed E-state index contributed by atoms with van der Waals surface area (Å²) in [5.74, 6) is 0.650. The van der Waals surface area contributed by atoms with E-state index in [9.17, 15) is 10.1 Å². The summed E-state index contributed by atoms with van der Waals surface area (Å²) in [5.41, 5.74) is 1.51. The van der Waals surface area contributed by atoms with E-state index in [4.69, 9.17) is 27.9 Å². The van der Waals surface area contributed by atoms with E-state index in [1.165, 1.54) is 6.07 Å². The molecule has 0 atom stereocenters. The van der Waals surface area contributed by atoms with Gasteiger partial charge in [-0.05, 0) is 17.7 Å². The van der Waals surface area contributed by atoms with E-state index >= 15 is 0 Å². The molecule has 2 aromatic carbocycles. The van der Waals surface area contributed by atoms with Gasteiger partial charge in [0.05, 0.1) is 11.0 Å². The zero-order valence-electron chi connectivity index (χ0n) is 11.7. The summed E-state index contributed by atoms with van der Waals surface area (Å²) in [5, 5.41) is 11.2. The molecule has 0 aliphatic carbocycles. The molecule has 0 heterocycles. The number of hydrogen-bond acceptors (Lipinski definition) is 3. The number of nitro groups is 1. The summed E-state index contributed by atoms with van der Waals surface area (Å²) in [6.07, 6.45) is 0. The molecule has 0 unspecified atom stereocenters. The second kappa shape index (κ2) is 8.01. The van der Waals surface area contributed by atoms with Crippen LogP contribution in [0.5, 0.6) is 5.75 Å². The average Bonchev–Trinajstić information content (AvgIpc) is 2.55. The Morgan fingerprint density at radius 2 is 1.77 bits per heavy atom. The van der Waals surface area contributed by atoms with Crippen LogP contribution < -0.4 is 4.74 Å². The third-order valence-electron chi connectivity index (χ3n) is 3.26. The van der Waals surface area contributed by atoms with Gasteiger partial charge in [-0.2, -0.15) is 0 Å². The lowest BCUT2D eigenvalue weighted by Crippen LogP contribution is -2.06. The number of ether oxygens (including phenoxy) is 1.